The zero-order valence-corrected chi connectivity index (χ0v) is 9.50. The molecule has 1 aromatic heterocycles. The number of aromatic nitrogens is 1. The molecule has 3 nitrogen and oxygen atoms in total. The molecule has 2 aliphatic rings. The number of halogens is 2. The second kappa shape index (κ2) is 4.22. The maximum atomic E-state index is 13.6. The van der Waals surface area contributed by atoms with Crippen molar-refractivity contribution >= 4 is 5.82 Å². The summed E-state index contributed by atoms with van der Waals surface area (Å²) in [4.78, 5) is 5.78. The van der Waals surface area contributed by atoms with Crippen LogP contribution in [0.15, 0.2) is 12.3 Å². The Morgan fingerprint density at radius 1 is 1.35 bits per heavy atom. The Morgan fingerprint density at radius 3 is 3.00 bits per heavy atom. The molecule has 3 rings (SSSR count). The molecule has 0 saturated carbocycles. The fourth-order valence-corrected chi connectivity index (χ4v) is 2.86. The van der Waals surface area contributed by atoms with Gasteiger partial charge in [-0.15, -0.1) is 0 Å². The first-order valence-corrected chi connectivity index (χ1v) is 6.03. The Labute approximate surface area is 98.8 Å². The molecule has 3 heterocycles. The lowest BCUT2D eigenvalue weighted by molar-refractivity contribution is 0.340. The SMILES string of the molecule is Fc1cnc(N2C[C@@H]3CCCN[C@@H]3C2)c(F)c1. The van der Waals surface area contributed by atoms with Crippen LogP contribution in [0.4, 0.5) is 14.6 Å². The molecule has 2 aliphatic heterocycles. The molecule has 0 unspecified atom stereocenters. The molecule has 0 bridgehead atoms. The van der Waals surface area contributed by atoms with Gasteiger partial charge in [0.25, 0.3) is 0 Å². The standard InChI is InChI=1S/C12H15F2N3/c13-9-4-10(14)12(16-5-9)17-6-8-2-1-3-15-11(8)7-17/h4-5,8,11,15H,1-3,6-7H2/t8-,11+/m0/s1. The van der Waals surface area contributed by atoms with E-state index in [1.165, 1.54) is 12.8 Å². The van der Waals surface area contributed by atoms with Crippen LogP contribution in [0.25, 0.3) is 0 Å². The minimum atomic E-state index is -0.624. The topological polar surface area (TPSA) is 28.2 Å². The zero-order valence-electron chi connectivity index (χ0n) is 9.50. The maximum Gasteiger partial charge on any atom is 0.168 e. The van der Waals surface area contributed by atoms with Gasteiger partial charge in [-0.1, -0.05) is 0 Å². The predicted octanol–water partition coefficient (Wildman–Crippen LogP) is 1.55. The Morgan fingerprint density at radius 2 is 2.24 bits per heavy atom. The van der Waals surface area contributed by atoms with Gasteiger partial charge in [-0.3, -0.25) is 0 Å². The van der Waals surface area contributed by atoms with Gasteiger partial charge in [-0.2, -0.15) is 0 Å². The highest BCUT2D eigenvalue weighted by molar-refractivity contribution is 5.42. The van der Waals surface area contributed by atoms with Crippen LogP contribution in [0.1, 0.15) is 12.8 Å². The van der Waals surface area contributed by atoms with E-state index in [9.17, 15) is 8.78 Å². The molecule has 0 amide bonds. The molecule has 1 N–H and O–H groups in total. The number of nitrogens with zero attached hydrogens (tertiary/aromatic N) is 2. The van der Waals surface area contributed by atoms with E-state index in [1.54, 1.807) is 0 Å². The molecular weight excluding hydrogens is 224 g/mol. The lowest BCUT2D eigenvalue weighted by Crippen LogP contribution is -2.40. The highest BCUT2D eigenvalue weighted by atomic mass is 19.1. The smallest absolute Gasteiger partial charge is 0.168 e. The Kier molecular flexibility index (Phi) is 2.70. The summed E-state index contributed by atoms with van der Waals surface area (Å²) in [6.45, 7) is 2.61. The van der Waals surface area contributed by atoms with Crippen LogP contribution in [0.2, 0.25) is 0 Å². The van der Waals surface area contributed by atoms with Gasteiger partial charge >= 0.3 is 0 Å². The number of nitrogens with one attached hydrogen (secondary N) is 1. The highest BCUT2D eigenvalue weighted by Gasteiger charge is 2.35. The van der Waals surface area contributed by atoms with Crippen LogP contribution in [-0.4, -0.2) is 30.7 Å². The summed E-state index contributed by atoms with van der Waals surface area (Å²) < 4.78 is 26.4. The minimum Gasteiger partial charge on any atom is -0.352 e. The number of pyridine rings is 1. The summed E-state index contributed by atoms with van der Waals surface area (Å²) >= 11 is 0. The van der Waals surface area contributed by atoms with Crippen molar-refractivity contribution in [2.75, 3.05) is 24.5 Å². The quantitative estimate of drug-likeness (QED) is 0.806. The fourth-order valence-electron chi connectivity index (χ4n) is 2.86. The van der Waals surface area contributed by atoms with E-state index in [-0.39, 0.29) is 5.82 Å². The van der Waals surface area contributed by atoms with Crippen LogP contribution in [0.3, 0.4) is 0 Å². The third kappa shape index (κ3) is 1.99. The summed E-state index contributed by atoms with van der Waals surface area (Å²) in [5, 5.41) is 3.45. The molecule has 2 atom stereocenters. The van der Waals surface area contributed by atoms with Gasteiger partial charge in [0.15, 0.2) is 11.6 Å². The molecule has 92 valence electrons. The average molecular weight is 239 g/mol. The van der Waals surface area contributed by atoms with Crippen LogP contribution < -0.4 is 10.2 Å². The van der Waals surface area contributed by atoms with Crippen molar-refractivity contribution in [1.82, 2.24) is 10.3 Å². The summed E-state index contributed by atoms with van der Waals surface area (Å²) in [7, 11) is 0. The van der Waals surface area contributed by atoms with Gasteiger partial charge < -0.3 is 10.2 Å². The van der Waals surface area contributed by atoms with Gasteiger partial charge in [0, 0.05) is 25.2 Å². The second-order valence-electron chi connectivity index (χ2n) is 4.83. The van der Waals surface area contributed by atoms with Crippen LogP contribution in [0, 0.1) is 17.6 Å². The van der Waals surface area contributed by atoms with Crippen LogP contribution >= 0.6 is 0 Å². The van der Waals surface area contributed by atoms with E-state index in [2.05, 4.69) is 10.3 Å². The van der Waals surface area contributed by atoms with E-state index in [4.69, 9.17) is 0 Å². The number of hydrogen-bond acceptors (Lipinski definition) is 3. The van der Waals surface area contributed by atoms with Crippen molar-refractivity contribution in [1.29, 1.82) is 0 Å². The Hall–Kier alpha value is -1.23. The number of piperidine rings is 1. The summed E-state index contributed by atoms with van der Waals surface area (Å²) in [6.07, 6.45) is 3.43. The molecule has 5 heteroatoms. The number of anilines is 1. The van der Waals surface area contributed by atoms with Gasteiger partial charge in [0.2, 0.25) is 0 Å². The minimum absolute atomic E-state index is 0.280. The molecule has 17 heavy (non-hydrogen) atoms. The predicted molar refractivity (Wildman–Crippen MR) is 60.9 cm³/mol. The van der Waals surface area contributed by atoms with Gasteiger partial charge in [0.05, 0.1) is 6.20 Å². The molecule has 2 fully saturated rings. The van der Waals surface area contributed by atoms with E-state index in [0.717, 1.165) is 31.9 Å². The van der Waals surface area contributed by atoms with Crippen molar-refractivity contribution in [2.24, 2.45) is 5.92 Å². The second-order valence-corrected chi connectivity index (χ2v) is 4.83. The van der Waals surface area contributed by atoms with Crippen molar-refractivity contribution in [3.05, 3.63) is 23.9 Å². The van der Waals surface area contributed by atoms with E-state index >= 15 is 0 Å². The Bertz CT molecular complexity index is 410. The van der Waals surface area contributed by atoms with Crippen LogP contribution in [-0.2, 0) is 0 Å². The highest BCUT2D eigenvalue weighted by Crippen LogP contribution is 2.29. The van der Waals surface area contributed by atoms with Gasteiger partial charge in [-0.05, 0) is 25.3 Å². The fraction of sp³-hybridized carbons (Fsp3) is 0.583. The van der Waals surface area contributed by atoms with E-state index < -0.39 is 11.6 Å². The molecular formula is C12H15F2N3. The van der Waals surface area contributed by atoms with E-state index in [1.807, 2.05) is 4.90 Å². The van der Waals surface area contributed by atoms with Crippen molar-refractivity contribution in [3.8, 4) is 0 Å². The molecule has 1 aromatic rings. The Balaban J connectivity index is 1.81. The largest absolute Gasteiger partial charge is 0.352 e. The van der Waals surface area contributed by atoms with Gasteiger partial charge in [0.1, 0.15) is 5.82 Å². The third-order valence-corrected chi connectivity index (χ3v) is 3.69. The molecule has 2 saturated heterocycles. The zero-order chi connectivity index (χ0) is 11.8. The van der Waals surface area contributed by atoms with Gasteiger partial charge in [-0.25, -0.2) is 13.8 Å². The lowest BCUT2D eigenvalue weighted by Gasteiger charge is -2.24. The summed E-state index contributed by atoms with van der Waals surface area (Å²) in [5.41, 5.74) is 0. The first-order valence-electron chi connectivity index (χ1n) is 6.03. The number of fused-ring (bicyclic) bond motifs is 1. The van der Waals surface area contributed by atoms with Crippen molar-refractivity contribution < 1.29 is 8.78 Å². The third-order valence-electron chi connectivity index (χ3n) is 3.69. The normalized spacial score (nSPS) is 28.2. The molecule has 0 radical (unpaired) electrons. The van der Waals surface area contributed by atoms with Crippen molar-refractivity contribution in [2.45, 2.75) is 18.9 Å². The average Bonchev–Trinajstić information content (AvgIpc) is 2.72. The first-order chi connectivity index (χ1) is 8.24. The lowest BCUT2D eigenvalue weighted by atomic mass is 9.94. The van der Waals surface area contributed by atoms with Crippen LogP contribution in [0.5, 0.6) is 0 Å². The summed E-state index contributed by atoms with van der Waals surface area (Å²) in [5.74, 6) is -0.345. The molecule has 0 aromatic carbocycles. The van der Waals surface area contributed by atoms with Crippen molar-refractivity contribution in [3.63, 3.8) is 0 Å². The number of hydrogen-bond donors (Lipinski definition) is 1. The monoisotopic (exact) mass is 239 g/mol. The maximum absolute atomic E-state index is 13.6. The molecule has 0 aliphatic carbocycles. The molecule has 0 spiro atoms. The number of rotatable bonds is 1. The first kappa shape index (κ1) is 10.9. The van der Waals surface area contributed by atoms with E-state index in [0.29, 0.717) is 12.0 Å². The summed E-state index contributed by atoms with van der Waals surface area (Å²) in [6, 6.07) is 1.33.